The molecule has 1 aromatic rings. The average Bonchev–Trinajstić information content (AvgIpc) is 2.27. The molecule has 1 saturated heterocycles. The van der Waals surface area contributed by atoms with Gasteiger partial charge in [0.2, 0.25) is 0 Å². The number of piperidine rings is 1. The number of nitrogens with two attached hydrogens (primary N) is 1. The molecule has 2 unspecified atom stereocenters. The number of hydrogen-bond acceptors (Lipinski definition) is 3. The Balaban J connectivity index is 2.01. The molecule has 1 aliphatic rings. The summed E-state index contributed by atoms with van der Waals surface area (Å²) in [5.74, 6) is 0.411. The second-order valence-corrected chi connectivity index (χ2v) is 5.83. The number of likely N-dealkylation sites (tertiary alicyclic amines) is 1. The maximum Gasteiger partial charge on any atom is 0.0693 e. The maximum absolute atomic E-state index is 9.86. The minimum atomic E-state index is -0.208. The summed E-state index contributed by atoms with van der Waals surface area (Å²) in [7, 11) is 0. The van der Waals surface area contributed by atoms with E-state index < -0.39 is 0 Å². The lowest BCUT2D eigenvalue weighted by Crippen LogP contribution is -2.42. The van der Waals surface area contributed by atoms with E-state index in [0.29, 0.717) is 5.92 Å². The number of nitrogens with zero attached hydrogens (tertiary/aromatic N) is 1. The van der Waals surface area contributed by atoms with E-state index in [4.69, 9.17) is 5.73 Å². The molecule has 0 amide bonds. The van der Waals surface area contributed by atoms with Gasteiger partial charge in [-0.05, 0) is 36.6 Å². The van der Waals surface area contributed by atoms with Crippen molar-refractivity contribution in [2.24, 2.45) is 5.92 Å². The van der Waals surface area contributed by atoms with E-state index in [1.807, 2.05) is 18.2 Å². The normalized spacial score (nSPS) is 26.1. The minimum Gasteiger partial charge on any atom is -0.398 e. The predicted molar refractivity (Wildman–Crippen MR) is 73.6 cm³/mol. The number of hydrogen-bond donors (Lipinski definition) is 2. The third-order valence-corrected chi connectivity index (χ3v) is 4.00. The van der Waals surface area contributed by atoms with Crippen LogP contribution in [0.3, 0.4) is 0 Å². The molecule has 0 saturated carbocycles. The lowest BCUT2D eigenvalue weighted by atomic mass is 9.95. The zero-order valence-corrected chi connectivity index (χ0v) is 11.7. The van der Waals surface area contributed by atoms with Gasteiger partial charge in [0.05, 0.1) is 6.10 Å². The molecule has 2 atom stereocenters. The Bertz CT molecular complexity index is 397. The van der Waals surface area contributed by atoms with Gasteiger partial charge in [-0.2, -0.15) is 0 Å². The van der Waals surface area contributed by atoms with Gasteiger partial charge in [0, 0.05) is 23.2 Å². The second-order valence-electron chi connectivity index (χ2n) is 4.91. The average molecular weight is 299 g/mol. The largest absolute Gasteiger partial charge is 0.398 e. The number of benzene rings is 1. The molecule has 94 valence electrons. The first kappa shape index (κ1) is 12.9. The van der Waals surface area contributed by atoms with Gasteiger partial charge >= 0.3 is 0 Å². The quantitative estimate of drug-likeness (QED) is 0.823. The fourth-order valence-electron chi connectivity index (χ4n) is 2.21. The number of rotatable bonds is 2. The first-order valence-corrected chi connectivity index (χ1v) is 6.80. The lowest BCUT2D eigenvalue weighted by molar-refractivity contribution is 0.0260. The van der Waals surface area contributed by atoms with Crippen molar-refractivity contribution in [3.8, 4) is 0 Å². The van der Waals surface area contributed by atoms with Crippen molar-refractivity contribution < 1.29 is 5.11 Å². The van der Waals surface area contributed by atoms with Gasteiger partial charge in [-0.1, -0.05) is 28.9 Å². The highest BCUT2D eigenvalue weighted by Crippen LogP contribution is 2.23. The van der Waals surface area contributed by atoms with E-state index in [9.17, 15) is 5.11 Å². The first-order chi connectivity index (χ1) is 8.06. The number of aliphatic hydroxyl groups excluding tert-OH is 1. The fourth-order valence-corrected chi connectivity index (χ4v) is 2.59. The van der Waals surface area contributed by atoms with E-state index in [-0.39, 0.29) is 6.10 Å². The van der Waals surface area contributed by atoms with Crippen LogP contribution in [0.15, 0.2) is 22.7 Å². The van der Waals surface area contributed by atoms with E-state index >= 15 is 0 Å². The van der Waals surface area contributed by atoms with Crippen LogP contribution in [0.1, 0.15) is 18.9 Å². The fraction of sp³-hybridized carbons (Fsp3) is 0.538. The summed E-state index contributed by atoms with van der Waals surface area (Å²) in [4.78, 5) is 2.27. The first-order valence-electron chi connectivity index (χ1n) is 6.00. The summed E-state index contributed by atoms with van der Waals surface area (Å²) < 4.78 is 1.01. The Hall–Kier alpha value is -0.580. The number of β-amino-alcohol motifs (C(OH)–C–C–N with tert-alkyl or cyclic N) is 1. The molecule has 1 heterocycles. The molecule has 3 N–H and O–H groups in total. The molecule has 1 fully saturated rings. The Labute approximate surface area is 111 Å². The van der Waals surface area contributed by atoms with Crippen LogP contribution in [0.25, 0.3) is 0 Å². The van der Waals surface area contributed by atoms with E-state index in [2.05, 4.69) is 27.8 Å². The molecule has 0 aliphatic carbocycles. The van der Waals surface area contributed by atoms with Crippen LogP contribution >= 0.6 is 15.9 Å². The number of aliphatic hydroxyl groups is 1. The van der Waals surface area contributed by atoms with Gasteiger partial charge in [0.1, 0.15) is 0 Å². The van der Waals surface area contributed by atoms with Crippen molar-refractivity contribution >= 4 is 21.6 Å². The van der Waals surface area contributed by atoms with Gasteiger partial charge < -0.3 is 10.8 Å². The monoisotopic (exact) mass is 298 g/mol. The van der Waals surface area contributed by atoms with E-state index in [1.54, 1.807) is 0 Å². The summed E-state index contributed by atoms with van der Waals surface area (Å²) in [6.07, 6.45) is 0.845. The highest BCUT2D eigenvalue weighted by molar-refractivity contribution is 9.10. The second kappa shape index (κ2) is 5.38. The van der Waals surface area contributed by atoms with Crippen LogP contribution < -0.4 is 5.73 Å². The molecule has 17 heavy (non-hydrogen) atoms. The zero-order chi connectivity index (χ0) is 12.4. The van der Waals surface area contributed by atoms with Crippen molar-refractivity contribution in [3.05, 3.63) is 28.2 Å². The Morgan fingerprint density at radius 3 is 2.94 bits per heavy atom. The third kappa shape index (κ3) is 3.21. The third-order valence-electron chi connectivity index (χ3n) is 3.50. The van der Waals surface area contributed by atoms with Crippen LogP contribution in [0, 0.1) is 5.92 Å². The molecule has 0 aromatic heterocycles. The number of halogens is 1. The van der Waals surface area contributed by atoms with Crippen molar-refractivity contribution in [2.45, 2.75) is 26.0 Å². The molecule has 4 heteroatoms. The van der Waals surface area contributed by atoms with Gasteiger partial charge in [-0.3, -0.25) is 4.90 Å². The molecule has 3 nitrogen and oxygen atoms in total. The molecule has 1 aliphatic heterocycles. The molecule has 2 rings (SSSR count). The maximum atomic E-state index is 9.86. The molecular formula is C13H19BrN2O. The van der Waals surface area contributed by atoms with Gasteiger partial charge in [-0.15, -0.1) is 0 Å². The highest BCUT2D eigenvalue weighted by Gasteiger charge is 2.24. The molecule has 0 bridgehead atoms. The molecular weight excluding hydrogens is 280 g/mol. The van der Waals surface area contributed by atoms with Crippen LogP contribution in [-0.2, 0) is 6.54 Å². The van der Waals surface area contributed by atoms with Crippen LogP contribution in [0.2, 0.25) is 0 Å². The minimum absolute atomic E-state index is 0.208. The topological polar surface area (TPSA) is 49.5 Å². The van der Waals surface area contributed by atoms with E-state index in [1.165, 1.54) is 0 Å². The van der Waals surface area contributed by atoms with Gasteiger partial charge in [0.15, 0.2) is 0 Å². The predicted octanol–water partition coefficient (Wildman–Crippen LogP) is 2.23. The van der Waals surface area contributed by atoms with Crippen molar-refractivity contribution in [3.63, 3.8) is 0 Å². The lowest BCUT2D eigenvalue weighted by Gasteiger charge is -2.34. The summed E-state index contributed by atoms with van der Waals surface area (Å²) in [5, 5.41) is 9.86. The van der Waals surface area contributed by atoms with Crippen LogP contribution in [0.5, 0.6) is 0 Å². The van der Waals surface area contributed by atoms with Gasteiger partial charge in [-0.25, -0.2) is 0 Å². The van der Waals surface area contributed by atoms with Crippen LogP contribution in [-0.4, -0.2) is 29.2 Å². The van der Waals surface area contributed by atoms with Gasteiger partial charge in [0.25, 0.3) is 0 Å². The van der Waals surface area contributed by atoms with Crippen molar-refractivity contribution in [2.75, 3.05) is 18.8 Å². The summed E-state index contributed by atoms with van der Waals surface area (Å²) in [6, 6.07) is 5.98. The molecule has 0 spiro atoms. The van der Waals surface area contributed by atoms with Crippen molar-refractivity contribution in [1.82, 2.24) is 4.90 Å². The molecule has 0 radical (unpaired) electrons. The summed E-state index contributed by atoms with van der Waals surface area (Å²) >= 11 is 3.41. The Kier molecular flexibility index (Phi) is 4.07. The zero-order valence-electron chi connectivity index (χ0n) is 10.1. The summed E-state index contributed by atoms with van der Waals surface area (Å²) in [5.41, 5.74) is 7.93. The standard InChI is InChI=1S/C13H19BrN2O/c1-9-4-5-16(8-13(9)17)7-10-2-3-11(14)6-12(10)15/h2-3,6,9,13,17H,4-5,7-8,15H2,1H3. The smallest absolute Gasteiger partial charge is 0.0693 e. The Morgan fingerprint density at radius 2 is 2.29 bits per heavy atom. The van der Waals surface area contributed by atoms with Crippen molar-refractivity contribution in [1.29, 1.82) is 0 Å². The number of nitrogen functional groups attached to an aromatic ring is 1. The van der Waals surface area contributed by atoms with E-state index in [0.717, 1.165) is 41.8 Å². The Morgan fingerprint density at radius 1 is 1.53 bits per heavy atom. The molecule has 1 aromatic carbocycles. The highest BCUT2D eigenvalue weighted by atomic mass is 79.9. The summed E-state index contributed by atoms with van der Waals surface area (Å²) in [6.45, 7) is 4.71. The SMILES string of the molecule is CC1CCN(Cc2ccc(Br)cc2N)CC1O. The number of anilines is 1. The van der Waals surface area contributed by atoms with Crippen LogP contribution in [0.4, 0.5) is 5.69 Å².